The van der Waals surface area contributed by atoms with Gasteiger partial charge in [0.15, 0.2) is 0 Å². The van der Waals surface area contributed by atoms with Gasteiger partial charge in [0.05, 0.1) is 34.0 Å². The molecule has 0 bridgehead atoms. The number of methoxy groups -OCH3 is 1. The third-order valence-corrected chi connectivity index (χ3v) is 4.84. The van der Waals surface area contributed by atoms with Gasteiger partial charge in [0.25, 0.3) is 11.8 Å². The number of carbonyl (C=O) groups excluding carboxylic acids is 2. The van der Waals surface area contributed by atoms with Crippen molar-refractivity contribution in [3.63, 3.8) is 0 Å². The molecule has 3 aromatic rings. The number of nitrogens with one attached hydrogen (secondary N) is 2. The second kappa shape index (κ2) is 8.99. The summed E-state index contributed by atoms with van der Waals surface area (Å²) in [7, 11) is 1.48. The van der Waals surface area contributed by atoms with Crippen LogP contribution in [0.15, 0.2) is 60.7 Å². The van der Waals surface area contributed by atoms with Crippen LogP contribution >= 0.6 is 23.2 Å². The normalized spacial score (nSPS) is 10.3. The van der Waals surface area contributed by atoms with Gasteiger partial charge in [-0.1, -0.05) is 41.4 Å². The molecule has 29 heavy (non-hydrogen) atoms. The van der Waals surface area contributed by atoms with E-state index >= 15 is 0 Å². The quantitative estimate of drug-likeness (QED) is 0.538. The molecule has 0 saturated heterocycles. The van der Waals surface area contributed by atoms with Crippen LogP contribution in [0.4, 0.5) is 11.4 Å². The summed E-state index contributed by atoms with van der Waals surface area (Å²) < 4.78 is 5.35. The van der Waals surface area contributed by atoms with Crippen molar-refractivity contribution in [2.45, 2.75) is 6.92 Å². The van der Waals surface area contributed by atoms with E-state index in [4.69, 9.17) is 27.9 Å². The fourth-order valence-corrected chi connectivity index (χ4v) is 3.25. The van der Waals surface area contributed by atoms with Crippen LogP contribution in [0.25, 0.3) is 0 Å². The molecule has 0 spiro atoms. The minimum Gasteiger partial charge on any atom is -0.494 e. The zero-order valence-corrected chi connectivity index (χ0v) is 17.3. The summed E-state index contributed by atoms with van der Waals surface area (Å²) in [6.07, 6.45) is 0. The molecular weight excluding hydrogens is 411 g/mol. The molecule has 0 heterocycles. The number of benzene rings is 3. The molecule has 3 aromatic carbocycles. The largest absolute Gasteiger partial charge is 0.494 e. The summed E-state index contributed by atoms with van der Waals surface area (Å²) in [5, 5.41) is 6.26. The predicted molar refractivity (Wildman–Crippen MR) is 117 cm³/mol. The number of rotatable bonds is 5. The predicted octanol–water partition coefficient (Wildman–Crippen LogP) is 5.82. The van der Waals surface area contributed by atoms with Crippen LogP contribution in [0.2, 0.25) is 10.0 Å². The highest BCUT2D eigenvalue weighted by Crippen LogP contribution is 2.30. The van der Waals surface area contributed by atoms with Gasteiger partial charge in [-0.25, -0.2) is 0 Å². The van der Waals surface area contributed by atoms with Crippen molar-refractivity contribution < 1.29 is 14.3 Å². The van der Waals surface area contributed by atoms with Gasteiger partial charge in [-0.2, -0.15) is 0 Å². The smallest absolute Gasteiger partial charge is 0.257 e. The number of hydrogen-bond acceptors (Lipinski definition) is 3. The van der Waals surface area contributed by atoms with E-state index in [-0.39, 0.29) is 11.8 Å². The standard InChI is InChI=1S/C22H18Cl2N2O3/c1-13-7-9-16(18(24)11-13)21(27)25-14-8-10-19(20(12-14)29-2)26-22(28)15-5-3-4-6-17(15)23/h3-12H,1-2H3,(H,25,27)(H,26,28). The summed E-state index contributed by atoms with van der Waals surface area (Å²) in [4.78, 5) is 25.0. The van der Waals surface area contributed by atoms with E-state index in [1.807, 2.05) is 13.0 Å². The molecule has 148 valence electrons. The average Bonchev–Trinajstić information content (AvgIpc) is 2.69. The van der Waals surface area contributed by atoms with Gasteiger partial charge in [-0.3, -0.25) is 9.59 Å². The molecule has 3 rings (SSSR count). The van der Waals surface area contributed by atoms with Crippen molar-refractivity contribution in [2.24, 2.45) is 0 Å². The Kier molecular flexibility index (Phi) is 6.42. The molecule has 0 aliphatic carbocycles. The molecule has 0 atom stereocenters. The fraction of sp³-hybridized carbons (Fsp3) is 0.0909. The number of ether oxygens (including phenoxy) is 1. The molecule has 7 heteroatoms. The Hall–Kier alpha value is -3.02. The van der Waals surface area contributed by atoms with Crippen LogP contribution in [0.5, 0.6) is 5.75 Å². The zero-order chi connectivity index (χ0) is 21.0. The SMILES string of the molecule is COc1cc(NC(=O)c2ccc(C)cc2Cl)ccc1NC(=O)c1ccccc1Cl. The lowest BCUT2D eigenvalue weighted by atomic mass is 10.1. The maximum Gasteiger partial charge on any atom is 0.257 e. The lowest BCUT2D eigenvalue weighted by Crippen LogP contribution is -2.14. The first-order valence-corrected chi connectivity index (χ1v) is 9.46. The van der Waals surface area contributed by atoms with E-state index in [9.17, 15) is 9.59 Å². The van der Waals surface area contributed by atoms with Gasteiger partial charge >= 0.3 is 0 Å². The second-order valence-corrected chi connectivity index (χ2v) is 7.10. The van der Waals surface area contributed by atoms with Crippen LogP contribution in [0.3, 0.4) is 0 Å². The van der Waals surface area contributed by atoms with Gasteiger partial charge in [-0.15, -0.1) is 0 Å². The Morgan fingerprint density at radius 3 is 2.21 bits per heavy atom. The van der Waals surface area contributed by atoms with E-state index in [2.05, 4.69) is 10.6 Å². The van der Waals surface area contributed by atoms with Crippen molar-refractivity contribution in [3.05, 3.63) is 87.4 Å². The number of amides is 2. The first-order chi connectivity index (χ1) is 13.9. The molecule has 2 N–H and O–H groups in total. The Labute approximate surface area is 178 Å². The third kappa shape index (κ3) is 4.88. The van der Waals surface area contributed by atoms with Gasteiger partial charge in [0.2, 0.25) is 0 Å². The van der Waals surface area contributed by atoms with Gasteiger partial charge in [-0.05, 0) is 48.9 Å². The molecular formula is C22H18Cl2N2O3. The summed E-state index contributed by atoms with van der Waals surface area (Å²) in [5.41, 5.74) is 2.63. The van der Waals surface area contributed by atoms with E-state index in [0.717, 1.165) is 5.56 Å². The second-order valence-electron chi connectivity index (χ2n) is 6.29. The van der Waals surface area contributed by atoms with Crippen molar-refractivity contribution >= 4 is 46.4 Å². The number of anilines is 2. The van der Waals surface area contributed by atoms with E-state index in [1.54, 1.807) is 54.6 Å². The van der Waals surface area contributed by atoms with Crippen LogP contribution in [0, 0.1) is 6.92 Å². The van der Waals surface area contributed by atoms with E-state index in [1.165, 1.54) is 7.11 Å². The molecule has 0 aliphatic rings. The average molecular weight is 429 g/mol. The molecule has 0 aliphatic heterocycles. The molecule has 0 aromatic heterocycles. The van der Waals surface area contributed by atoms with Crippen LogP contribution in [0.1, 0.15) is 26.3 Å². The molecule has 0 unspecified atom stereocenters. The lowest BCUT2D eigenvalue weighted by Gasteiger charge is -2.13. The maximum absolute atomic E-state index is 12.5. The summed E-state index contributed by atoms with van der Waals surface area (Å²) in [6.45, 7) is 1.90. The highest BCUT2D eigenvalue weighted by molar-refractivity contribution is 6.35. The van der Waals surface area contributed by atoms with Crippen LogP contribution in [-0.4, -0.2) is 18.9 Å². The Morgan fingerprint density at radius 1 is 0.828 bits per heavy atom. The van der Waals surface area contributed by atoms with Crippen molar-refractivity contribution in [3.8, 4) is 5.75 Å². The highest BCUT2D eigenvalue weighted by atomic mass is 35.5. The molecule has 0 saturated carbocycles. The Morgan fingerprint density at radius 2 is 1.52 bits per heavy atom. The monoisotopic (exact) mass is 428 g/mol. The molecule has 2 amide bonds. The Bertz CT molecular complexity index is 1080. The van der Waals surface area contributed by atoms with Crippen LogP contribution < -0.4 is 15.4 Å². The first kappa shape index (κ1) is 20.7. The minimum absolute atomic E-state index is 0.343. The van der Waals surface area contributed by atoms with Crippen molar-refractivity contribution in [1.82, 2.24) is 0 Å². The van der Waals surface area contributed by atoms with Gasteiger partial charge < -0.3 is 15.4 Å². The molecule has 0 fully saturated rings. The molecule has 0 radical (unpaired) electrons. The van der Waals surface area contributed by atoms with Crippen molar-refractivity contribution in [2.75, 3.05) is 17.7 Å². The van der Waals surface area contributed by atoms with Crippen molar-refractivity contribution in [1.29, 1.82) is 0 Å². The fourth-order valence-electron chi connectivity index (χ4n) is 2.71. The zero-order valence-electron chi connectivity index (χ0n) is 15.8. The summed E-state index contributed by atoms with van der Waals surface area (Å²) in [5.74, 6) is -0.319. The van der Waals surface area contributed by atoms with E-state index in [0.29, 0.717) is 38.3 Å². The number of hydrogen-bond donors (Lipinski definition) is 2. The molecule has 5 nitrogen and oxygen atoms in total. The highest BCUT2D eigenvalue weighted by Gasteiger charge is 2.15. The van der Waals surface area contributed by atoms with Gasteiger partial charge in [0, 0.05) is 11.8 Å². The number of aryl methyl sites for hydroxylation is 1. The van der Waals surface area contributed by atoms with Gasteiger partial charge in [0.1, 0.15) is 5.75 Å². The topological polar surface area (TPSA) is 67.4 Å². The summed E-state index contributed by atoms with van der Waals surface area (Å²) in [6, 6.07) is 16.9. The third-order valence-electron chi connectivity index (χ3n) is 4.20. The Balaban J connectivity index is 1.79. The number of halogens is 2. The minimum atomic E-state index is -0.364. The van der Waals surface area contributed by atoms with Crippen LogP contribution in [-0.2, 0) is 0 Å². The first-order valence-electron chi connectivity index (χ1n) is 8.70. The number of carbonyl (C=O) groups is 2. The summed E-state index contributed by atoms with van der Waals surface area (Å²) >= 11 is 12.2. The maximum atomic E-state index is 12.5. The lowest BCUT2D eigenvalue weighted by molar-refractivity contribution is 0.101. The van der Waals surface area contributed by atoms with E-state index < -0.39 is 0 Å².